The van der Waals surface area contributed by atoms with Crippen LogP contribution in [0.25, 0.3) is 0 Å². The van der Waals surface area contributed by atoms with Gasteiger partial charge in [-0.05, 0) is 19.4 Å². The van der Waals surface area contributed by atoms with Crippen molar-refractivity contribution >= 4 is 5.91 Å². The molecule has 0 saturated carbocycles. The number of nitrogens with two attached hydrogens (primary N) is 1. The number of carbonyl (C=O) groups is 1. The lowest BCUT2D eigenvalue weighted by Gasteiger charge is -2.16. The zero-order valence-electron chi connectivity index (χ0n) is 9.21. The Bertz CT molecular complexity index is 351. The average molecular weight is 224 g/mol. The first-order chi connectivity index (χ1) is 7.70. The van der Waals surface area contributed by atoms with E-state index < -0.39 is 0 Å². The highest BCUT2D eigenvalue weighted by Crippen LogP contribution is 2.22. The number of carbonyl (C=O) groups excluding carboxylic acids is 1. The van der Waals surface area contributed by atoms with Crippen molar-refractivity contribution < 1.29 is 4.79 Å². The first kappa shape index (κ1) is 11.0. The van der Waals surface area contributed by atoms with Crippen molar-refractivity contribution in [2.75, 3.05) is 13.6 Å². The zero-order valence-corrected chi connectivity index (χ0v) is 9.21. The maximum atomic E-state index is 11.5. The van der Waals surface area contributed by atoms with E-state index in [1.807, 2.05) is 11.9 Å². The third-order valence-electron chi connectivity index (χ3n) is 2.99. The molecule has 7 nitrogen and oxygen atoms in total. The number of hydrazine groups is 1. The molecule has 0 unspecified atom stereocenters. The van der Waals surface area contributed by atoms with Crippen LogP contribution in [0.4, 0.5) is 0 Å². The molecule has 2 heterocycles. The minimum absolute atomic E-state index is 0.122. The topological polar surface area (TPSA) is 89.1 Å². The van der Waals surface area contributed by atoms with Gasteiger partial charge in [-0.3, -0.25) is 19.8 Å². The van der Waals surface area contributed by atoms with Crippen LogP contribution in [0.1, 0.15) is 6.42 Å². The van der Waals surface area contributed by atoms with Gasteiger partial charge in [-0.1, -0.05) is 0 Å². The number of nitrogens with zero attached hydrogens (tertiary/aromatic N) is 4. The molecule has 1 aromatic rings. The van der Waals surface area contributed by atoms with Crippen LogP contribution in [-0.2, 0) is 11.3 Å². The van der Waals surface area contributed by atoms with Crippen LogP contribution in [0, 0.1) is 5.92 Å². The fraction of sp³-hybridized carbons (Fsp3) is 0.667. The van der Waals surface area contributed by atoms with Gasteiger partial charge in [0.25, 0.3) is 5.91 Å². The summed E-state index contributed by atoms with van der Waals surface area (Å²) in [6.45, 7) is 1.66. The number of amides is 1. The van der Waals surface area contributed by atoms with Crippen LogP contribution >= 0.6 is 0 Å². The van der Waals surface area contributed by atoms with E-state index in [1.54, 1.807) is 11.0 Å². The highest BCUT2D eigenvalue weighted by molar-refractivity contribution is 5.81. The third kappa shape index (κ3) is 2.20. The summed E-state index contributed by atoms with van der Waals surface area (Å²) in [6, 6.07) is -0.126. The second-order valence-electron chi connectivity index (χ2n) is 4.18. The fourth-order valence-electron chi connectivity index (χ4n) is 2.23. The SMILES string of the molecule is CN1C[C@@H](Cn2cncn2)C[C@H]1C(=O)NN. The van der Waals surface area contributed by atoms with E-state index in [9.17, 15) is 4.79 Å². The van der Waals surface area contributed by atoms with Gasteiger partial charge in [-0.2, -0.15) is 5.10 Å². The Morgan fingerprint density at radius 2 is 2.50 bits per heavy atom. The normalized spacial score (nSPS) is 25.9. The number of nitrogens with one attached hydrogen (secondary N) is 1. The number of likely N-dealkylation sites (N-methyl/N-ethyl adjacent to an activating group) is 1. The molecule has 0 bridgehead atoms. The Balaban J connectivity index is 1.93. The largest absolute Gasteiger partial charge is 0.295 e. The number of hydrogen-bond donors (Lipinski definition) is 2. The first-order valence-electron chi connectivity index (χ1n) is 5.24. The van der Waals surface area contributed by atoms with Gasteiger partial charge in [-0.15, -0.1) is 0 Å². The van der Waals surface area contributed by atoms with Gasteiger partial charge in [0.2, 0.25) is 0 Å². The van der Waals surface area contributed by atoms with E-state index >= 15 is 0 Å². The molecule has 1 aliphatic rings. The first-order valence-corrected chi connectivity index (χ1v) is 5.24. The fourth-order valence-corrected chi connectivity index (χ4v) is 2.23. The van der Waals surface area contributed by atoms with Crippen LogP contribution in [0.3, 0.4) is 0 Å². The van der Waals surface area contributed by atoms with Crippen LogP contribution < -0.4 is 11.3 Å². The van der Waals surface area contributed by atoms with Crippen LogP contribution in [-0.4, -0.2) is 45.2 Å². The van der Waals surface area contributed by atoms with E-state index in [2.05, 4.69) is 15.5 Å². The van der Waals surface area contributed by atoms with Gasteiger partial charge in [0.1, 0.15) is 12.7 Å². The highest BCUT2D eigenvalue weighted by Gasteiger charge is 2.34. The molecular weight excluding hydrogens is 208 g/mol. The molecule has 1 saturated heterocycles. The number of rotatable bonds is 3. The highest BCUT2D eigenvalue weighted by atomic mass is 16.2. The second kappa shape index (κ2) is 4.58. The van der Waals surface area contributed by atoms with Crippen LogP contribution in [0.15, 0.2) is 12.7 Å². The molecule has 0 spiro atoms. The lowest BCUT2D eigenvalue weighted by molar-refractivity contribution is -0.125. The van der Waals surface area contributed by atoms with Crippen molar-refractivity contribution in [3.05, 3.63) is 12.7 Å². The smallest absolute Gasteiger partial charge is 0.251 e. The van der Waals surface area contributed by atoms with Gasteiger partial charge in [-0.25, -0.2) is 10.8 Å². The van der Waals surface area contributed by atoms with E-state index in [4.69, 9.17) is 5.84 Å². The van der Waals surface area contributed by atoms with Crippen molar-refractivity contribution in [2.24, 2.45) is 11.8 Å². The van der Waals surface area contributed by atoms with Crippen LogP contribution in [0.5, 0.6) is 0 Å². The maximum Gasteiger partial charge on any atom is 0.251 e. The van der Waals surface area contributed by atoms with E-state index in [-0.39, 0.29) is 11.9 Å². The second-order valence-corrected chi connectivity index (χ2v) is 4.18. The van der Waals surface area contributed by atoms with Crippen molar-refractivity contribution in [2.45, 2.75) is 19.0 Å². The Morgan fingerprint density at radius 3 is 3.12 bits per heavy atom. The molecule has 3 N–H and O–H groups in total. The van der Waals surface area contributed by atoms with E-state index in [0.717, 1.165) is 19.5 Å². The lowest BCUT2D eigenvalue weighted by atomic mass is 10.1. The molecule has 2 rings (SSSR count). The van der Waals surface area contributed by atoms with Crippen molar-refractivity contribution in [1.82, 2.24) is 25.1 Å². The molecule has 1 aliphatic heterocycles. The van der Waals surface area contributed by atoms with Crippen molar-refractivity contribution in [3.8, 4) is 0 Å². The van der Waals surface area contributed by atoms with Gasteiger partial charge >= 0.3 is 0 Å². The summed E-state index contributed by atoms with van der Waals surface area (Å²) in [7, 11) is 1.93. The lowest BCUT2D eigenvalue weighted by Crippen LogP contribution is -2.44. The Hall–Kier alpha value is -1.47. The standard InChI is InChI=1S/C9H16N6O/c1-14-3-7(2-8(14)9(16)13-10)4-15-6-11-5-12-15/h5-8H,2-4,10H2,1H3,(H,13,16)/t7-,8-/m0/s1. The summed E-state index contributed by atoms with van der Waals surface area (Å²) in [5.74, 6) is 5.43. The predicted molar refractivity (Wildman–Crippen MR) is 56.9 cm³/mol. The molecule has 2 atom stereocenters. The van der Waals surface area contributed by atoms with Crippen LogP contribution in [0.2, 0.25) is 0 Å². The molecular formula is C9H16N6O. The van der Waals surface area contributed by atoms with Gasteiger partial charge < -0.3 is 0 Å². The van der Waals surface area contributed by atoms with Crippen molar-refractivity contribution in [1.29, 1.82) is 0 Å². The van der Waals surface area contributed by atoms with E-state index in [0.29, 0.717) is 5.92 Å². The molecule has 16 heavy (non-hydrogen) atoms. The number of likely N-dealkylation sites (tertiary alicyclic amines) is 1. The zero-order chi connectivity index (χ0) is 11.5. The predicted octanol–water partition coefficient (Wildman–Crippen LogP) is -1.41. The quantitative estimate of drug-likeness (QED) is 0.374. The number of hydrogen-bond acceptors (Lipinski definition) is 5. The molecule has 88 valence electrons. The van der Waals surface area contributed by atoms with Gasteiger partial charge in [0, 0.05) is 13.1 Å². The Kier molecular flexibility index (Phi) is 3.16. The monoisotopic (exact) mass is 224 g/mol. The van der Waals surface area contributed by atoms with Gasteiger partial charge in [0.05, 0.1) is 6.04 Å². The minimum Gasteiger partial charge on any atom is -0.295 e. The van der Waals surface area contributed by atoms with E-state index in [1.165, 1.54) is 6.33 Å². The Labute approximate surface area is 93.6 Å². The minimum atomic E-state index is -0.126. The summed E-state index contributed by atoms with van der Waals surface area (Å²) >= 11 is 0. The third-order valence-corrected chi connectivity index (χ3v) is 2.99. The summed E-state index contributed by atoms with van der Waals surface area (Å²) in [6.07, 6.45) is 4.01. The molecule has 0 aliphatic carbocycles. The molecule has 1 amide bonds. The molecule has 1 fully saturated rings. The molecule has 1 aromatic heterocycles. The molecule has 0 radical (unpaired) electrons. The average Bonchev–Trinajstić information content (AvgIpc) is 2.88. The summed E-state index contributed by atoms with van der Waals surface area (Å²) in [5.41, 5.74) is 2.20. The maximum absolute atomic E-state index is 11.5. The summed E-state index contributed by atoms with van der Waals surface area (Å²) in [5, 5.41) is 4.06. The molecule has 0 aromatic carbocycles. The van der Waals surface area contributed by atoms with Crippen molar-refractivity contribution in [3.63, 3.8) is 0 Å². The summed E-state index contributed by atoms with van der Waals surface area (Å²) < 4.78 is 1.79. The Morgan fingerprint density at radius 1 is 1.69 bits per heavy atom. The molecule has 7 heteroatoms. The van der Waals surface area contributed by atoms with Gasteiger partial charge in [0.15, 0.2) is 0 Å². The summed E-state index contributed by atoms with van der Waals surface area (Å²) in [4.78, 5) is 17.4. The number of aromatic nitrogens is 3.